The molecular weight excluding hydrogens is 336 g/mol. The Kier molecular flexibility index (Phi) is 5.46. The number of hydrogen-bond acceptors (Lipinski definition) is 6. The summed E-state index contributed by atoms with van der Waals surface area (Å²) in [6.45, 7) is 5.54. The lowest BCUT2D eigenvalue weighted by Crippen LogP contribution is -2.53. The Morgan fingerprint density at radius 3 is 2.26 bits per heavy atom. The molecule has 1 unspecified atom stereocenters. The molecule has 0 saturated carbocycles. The topological polar surface area (TPSA) is 69.2 Å². The Hall–Kier alpha value is -2.70. The highest BCUT2D eigenvalue weighted by atomic mass is 15.5. The molecule has 1 atom stereocenters. The third-order valence-electron chi connectivity index (χ3n) is 5.09. The molecule has 0 spiro atoms. The SMILES string of the molecule is NCCN1CCN(C2=NC(c3ccccc3)C(c3ccccc3)=NN2)CC1. The smallest absolute Gasteiger partial charge is 0.215 e. The molecule has 27 heavy (non-hydrogen) atoms. The molecular formula is C21H26N6. The molecule has 2 aliphatic heterocycles. The molecule has 2 heterocycles. The third-order valence-corrected chi connectivity index (χ3v) is 5.09. The summed E-state index contributed by atoms with van der Waals surface area (Å²) in [5.41, 5.74) is 12.1. The maximum Gasteiger partial charge on any atom is 0.215 e. The van der Waals surface area contributed by atoms with Crippen LogP contribution in [0, 0.1) is 0 Å². The molecule has 1 fully saturated rings. The first-order valence-electron chi connectivity index (χ1n) is 9.54. The predicted molar refractivity (Wildman–Crippen MR) is 110 cm³/mol. The second-order valence-corrected chi connectivity index (χ2v) is 6.86. The molecule has 0 aromatic heterocycles. The number of nitrogens with one attached hydrogen (secondary N) is 1. The number of benzene rings is 2. The zero-order chi connectivity index (χ0) is 18.5. The fraction of sp³-hybridized carbons (Fsp3) is 0.333. The minimum atomic E-state index is -0.105. The van der Waals surface area contributed by atoms with Gasteiger partial charge in [-0.2, -0.15) is 5.10 Å². The van der Waals surface area contributed by atoms with Crippen LogP contribution in [-0.4, -0.2) is 60.7 Å². The van der Waals surface area contributed by atoms with Crippen LogP contribution in [0.25, 0.3) is 0 Å². The van der Waals surface area contributed by atoms with Gasteiger partial charge in [0.2, 0.25) is 5.96 Å². The van der Waals surface area contributed by atoms with Crippen molar-refractivity contribution in [1.29, 1.82) is 0 Å². The van der Waals surface area contributed by atoms with E-state index in [1.807, 2.05) is 24.3 Å². The summed E-state index contributed by atoms with van der Waals surface area (Å²) in [7, 11) is 0. The van der Waals surface area contributed by atoms with Crippen molar-refractivity contribution in [2.75, 3.05) is 39.3 Å². The van der Waals surface area contributed by atoms with Gasteiger partial charge in [0, 0.05) is 44.8 Å². The molecule has 0 aliphatic carbocycles. The fourth-order valence-electron chi connectivity index (χ4n) is 3.60. The van der Waals surface area contributed by atoms with Crippen LogP contribution in [0.1, 0.15) is 17.2 Å². The highest BCUT2D eigenvalue weighted by Crippen LogP contribution is 2.25. The van der Waals surface area contributed by atoms with E-state index < -0.39 is 0 Å². The summed E-state index contributed by atoms with van der Waals surface area (Å²) < 4.78 is 0. The standard InChI is InChI=1S/C21H26N6/c22-11-12-26-13-15-27(16-14-26)21-23-19(17-7-3-1-4-8-17)20(24-25-21)18-9-5-2-6-10-18/h1-10,19H,11-16,22H2,(H,23,25). The van der Waals surface area contributed by atoms with Crippen LogP contribution in [0.5, 0.6) is 0 Å². The van der Waals surface area contributed by atoms with Crippen LogP contribution in [0.2, 0.25) is 0 Å². The molecule has 2 aromatic rings. The van der Waals surface area contributed by atoms with E-state index in [1.165, 1.54) is 0 Å². The van der Waals surface area contributed by atoms with E-state index in [-0.39, 0.29) is 6.04 Å². The number of rotatable bonds is 4. The Balaban J connectivity index is 1.58. The molecule has 0 radical (unpaired) electrons. The maximum atomic E-state index is 5.68. The number of hydrazone groups is 1. The Labute approximate surface area is 160 Å². The second-order valence-electron chi connectivity index (χ2n) is 6.86. The molecule has 6 heteroatoms. The quantitative estimate of drug-likeness (QED) is 0.868. The average molecular weight is 362 g/mol. The number of nitrogens with zero attached hydrogens (tertiary/aromatic N) is 4. The van der Waals surface area contributed by atoms with Crippen LogP contribution < -0.4 is 11.2 Å². The molecule has 0 amide bonds. The average Bonchev–Trinajstić information content (AvgIpc) is 2.75. The van der Waals surface area contributed by atoms with Gasteiger partial charge >= 0.3 is 0 Å². The lowest BCUT2D eigenvalue weighted by atomic mass is 9.97. The van der Waals surface area contributed by atoms with E-state index in [0.717, 1.165) is 55.5 Å². The highest BCUT2D eigenvalue weighted by Gasteiger charge is 2.27. The van der Waals surface area contributed by atoms with E-state index in [9.17, 15) is 0 Å². The zero-order valence-electron chi connectivity index (χ0n) is 15.5. The molecule has 0 bridgehead atoms. The van der Waals surface area contributed by atoms with Gasteiger partial charge in [-0.1, -0.05) is 60.7 Å². The van der Waals surface area contributed by atoms with Crippen molar-refractivity contribution >= 4 is 11.7 Å². The van der Waals surface area contributed by atoms with Gasteiger partial charge in [0.1, 0.15) is 6.04 Å². The van der Waals surface area contributed by atoms with Gasteiger partial charge in [0.15, 0.2) is 0 Å². The van der Waals surface area contributed by atoms with Gasteiger partial charge < -0.3 is 10.6 Å². The van der Waals surface area contributed by atoms with E-state index in [4.69, 9.17) is 15.8 Å². The van der Waals surface area contributed by atoms with Gasteiger partial charge in [-0.05, 0) is 5.56 Å². The van der Waals surface area contributed by atoms with Gasteiger partial charge in [0.25, 0.3) is 0 Å². The highest BCUT2D eigenvalue weighted by molar-refractivity contribution is 6.07. The summed E-state index contributed by atoms with van der Waals surface area (Å²) in [5, 5.41) is 4.73. The molecule has 140 valence electrons. The van der Waals surface area contributed by atoms with Crippen LogP contribution >= 0.6 is 0 Å². The summed E-state index contributed by atoms with van der Waals surface area (Å²) in [6, 6.07) is 20.5. The Bertz CT molecular complexity index is 794. The molecule has 2 aromatic carbocycles. The first-order chi connectivity index (χ1) is 13.3. The van der Waals surface area contributed by atoms with E-state index in [0.29, 0.717) is 6.54 Å². The monoisotopic (exact) mass is 362 g/mol. The van der Waals surface area contributed by atoms with Crippen molar-refractivity contribution in [3.8, 4) is 0 Å². The van der Waals surface area contributed by atoms with Gasteiger partial charge in [-0.15, -0.1) is 0 Å². The number of hydrogen-bond donors (Lipinski definition) is 2. The van der Waals surface area contributed by atoms with Crippen LogP contribution in [-0.2, 0) is 0 Å². The van der Waals surface area contributed by atoms with Gasteiger partial charge in [-0.25, -0.2) is 10.4 Å². The zero-order valence-corrected chi connectivity index (χ0v) is 15.5. The normalized spacial score (nSPS) is 20.6. The summed E-state index contributed by atoms with van der Waals surface area (Å²) >= 11 is 0. The summed E-state index contributed by atoms with van der Waals surface area (Å²) in [6.07, 6.45) is 0. The largest absolute Gasteiger partial charge is 0.339 e. The van der Waals surface area contributed by atoms with Crippen molar-refractivity contribution in [3.63, 3.8) is 0 Å². The van der Waals surface area contributed by atoms with E-state index in [1.54, 1.807) is 0 Å². The Morgan fingerprint density at radius 1 is 0.926 bits per heavy atom. The first-order valence-corrected chi connectivity index (χ1v) is 9.54. The first kappa shape index (κ1) is 17.7. The molecule has 2 aliphatic rings. The van der Waals surface area contributed by atoms with Gasteiger partial charge in [0.05, 0.1) is 5.71 Å². The second kappa shape index (κ2) is 8.33. The van der Waals surface area contributed by atoms with Crippen molar-refractivity contribution < 1.29 is 0 Å². The van der Waals surface area contributed by atoms with Gasteiger partial charge in [-0.3, -0.25) is 4.90 Å². The van der Waals surface area contributed by atoms with Crippen molar-refractivity contribution in [1.82, 2.24) is 15.2 Å². The minimum Gasteiger partial charge on any atom is -0.339 e. The van der Waals surface area contributed by atoms with Crippen LogP contribution in [0.3, 0.4) is 0 Å². The van der Waals surface area contributed by atoms with E-state index >= 15 is 0 Å². The van der Waals surface area contributed by atoms with Crippen molar-refractivity contribution in [2.24, 2.45) is 15.8 Å². The molecule has 4 rings (SSSR count). The molecule has 6 nitrogen and oxygen atoms in total. The van der Waals surface area contributed by atoms with Crippen molar-refractivity contribution in [3.05, 3.63) is 71.8 Å². The number of piperazine rings is 1. The minimum absolute atomic E-state index is 0.105. The number of nitrogens with two attached hydrogens (primary N) is 1. The van der Waals surface area contributed by atoms with Crippen molar-refractivity contribution in [2.45, 2.75) is 6.04 Å². The summed E-state index contributed by atoms with van der Waals surface area (Å²) in [4.78, 5) is 9.74. The lowest BCUT2D eigenvalue weighted by molar-refractivity contribution is 0.183. The number of aliphatic imine (C=N–C) groups is 1. The maximum absolute atomic E-state index is 5.68. The lowest BCUT2D eigenvalue weighted by Gasteiger charge is -2.37. The third kappa shape index (κ3) is 4.02. The Morgan fingerprint density at radius 2 is 1.59 bits per heavy atom. The van der Waals surface area contributed by atoms with E-state index in [2.05, 4.69) is 51.6 Å². The van der Waals surface area contributed by atoms with Crippen LogP contribution in [0.4, 0.5) is 0 Å². The fourth-order valence-corrected chi connectivity index (χ4v) is 3.60. The van der Waals surface area contributed by atoms with Crippen LogP contribution in [0.15, 0.2) is 70.8 Å². The molecule has 3 N–H and O–H groups in total. The molecule has 1 saturated heterocycles. The predicted octanol–water partition coefficient (Wildman–Crippen LogP) is 1.67. The number of guanidine groups is 1. The summed E-state index contributed by atoms with van der Waals surface area (Å²) in [5.74, 6) is 0.857.